The van der Waals surface area contributed by atoms with Crippen LogP contribution in [0.1, 0.15) is 39.4 Å². The predicted molar refractivity (Wildman–Crippen MR) is 82.8 cm³/mol. The van der Waals surface area contributed by atoms with Gasteiger partial charge in [0.05, 0.1) is 6.61 Å². The van der Waals surface area contributed by atoms with Gasteiger partial charge in [-0.3, -0.25) is 5.32 Å². The highest BCUT2D eigenvalue weighted by Crippen LogP contribution is 2.33. The Morgan fingerprint density at radius 3 is 2.46 bits per heavy atom. The molecule has 0 fully saturated rings. The summed E-state index contributed by atoms with van der Waals surface area (Å²) >= 11 is 0. The largest absolute Gasteiger partial charge is 0.461 e. The van der Waals surface area contributed by atoms with E-state index in [1.54, 1.807) is 20.8 Å². The number of ether oxygens (including phenoxy) is 2. The lowest BCUT2D eigenvalue weighted by molar-refractivity contribution is -0.189. The molecule has 0 aliphatic rings. The van der Waals surface area contributed by atoms with Gasteiger partial charge in [-0.25, -0.2) is 9.59 Å². The molecule has 134 valence electrons. The Kier molecular flexibility index (Phi) is 6.25. The van der Waals surface area contributed by atoms with Crippen LogP contribution in [0.25, 0.3) is 0 Å². The van der Waals surface area contributed by atoms with Gasteiger partial charge in [-0.1, -0.05) is 12.1 Å². The van der Waals surface area contributed by atoms with Gasteiger partial charge < -0.3 is 14.6 Å². The summed E-state index contributed by atoms with van der Waals surface area (Å²) in [4.78, 5) is 23.0. The standard InChI is InChI=1S/C16H21F2NO5/c1-5-23-13(21)16(17,18)12(20)10-7-6-8-11(9-10)19-14(22)24-15(2,3)4/h6-9,12,20H,5H2,1-4H3,(H,19,22). The van der Waals surface area contributed by atoms with E-state index in [0.29, 0.717) is 0 Å². The number of amides is 1. The van der Waals surface area contributed by atoms with E-state index >= 15 is 0 Å². The van der Waals surface area contributed by atoms with E-state index in [2.05, 4.69) is 10.1 Å². The van der Waals surface area contributed by atoms with Gasteiger partial charge in [-0.05, 0) is 45.4 Å². The zero-order chi connectivity index (χ0) is 18.5. The Hall–Kier alpha value is -2.22. The molecule has 0 spiro atoms. The number of anilines is 1. The maximum absolute atomic E-state index is 13.9. The second-order valence-corrected chi connectivity index (χ2v) is 6.00. The summed E-state index contributed by atoms with van der Waals surface area (Å²) < 4.78 is 37.0. The van der Waals surface area contributed by atoms with Crippen LogP contribution >= 0.6 is 0 Å². The molecule has 0 aromatic heterocycles. The fraction of sp³-hybridized carbons (Fsp3) is 0.500. The lowest BCUT2D eigenvalue weighted by Crippen LogP contribution is -2.37. The van der Waals surface area contributed by atoms with Crippen LogP contribution in [-0.4, -0.2) is 35.3 Å². The molecule has 1 aromatic rings. The second-order valence-electron chi connectivity index (χ2n) is 6.00. The third-order valence-corrected chi connectivity index (χ3v) is 2.74. The van der Waals surface area contributed by atoms with E-state index in [1.807, 2.05) is 0 Å². The first-order valence-corrected chi connectivity index (χ1v) is 7.30. The highest BCUT2D eigenvalue weighted by atomic mass is 19.3. The van der Waals surface area contributed by atoms with Gasteiger partial charge in [0.1, 0.15) is 5.60 Å². The molecule has 1 rings (SSSR count). The SMILES string of the molecule is CCOC(=O)C(F)(F)C(O)c1cccc(NC(=O)OC(C)(C)C)c1. The minimum absolute atomic E-state index is 0.139. The molecule has 0 bridgehead atoms. The van der Waals surface area contributed by atoms with Crippen molar-refractivity contribution in [2.75, 3.05) is 11.9 Å². The summed E-state index contributed by atoms with van der Waals surface area (Å²) in [5.41, 5.74) is -0.833. The lowest BCUT2D eigenvalue weighted by Gasteiger charge is -2.22. The van der Waals surface area contributed by atoms with Crippen LogP contribution in [0.4, 0.5) is 19.3 Å². The number of halogens is 2. The van der Waals surface area contributed by atoms with Crippen LogP contribution in [0.15, 0.2) is 24.3 Å². The third kappa shape index (κ3) is 5.45. The van der Waals surface area contributed by atoms with Crippen LogP contribution in [0.3, 0.4) is 0 Å². The van der Waals surface area contributed by atoms with E-state index in [4.69, 9.17) is 4.74 Å². The molecule has 1 aromatic carbocycles. The van der Waals surface area contributed by atoms with Crippen molar-refractivity contribution in [1.29, 1.82) is 0 Å². The Labute approximate surface area is 138 Å². The Bertz CT molecular complexity index is 598. The van der Waals surface area contributed by atoms with E-state index in [9.17, 15) is 23.5 Å². The number of alkyl halides is 2. The number of rotatable bonds is 5. The molecule has 0 radical (unpaired) electrons. The molecule has 0 saturated heterocycles. The van der Waals surface area contributed by atoms with Gasteiger partial charge in [0.2, 0.25) is 0 Å². The van der Waals surface area contributed by atoms with Crippen LogP contribution in [0, 0.1) is 0 Å². The van der Waals surface area contributed by atoms with Crippen molar-refractivity contribution in [1.82, 2.24) is 0 Å². The summed E-state index contributed by atoms with van der Waals surface area (Å²) in [6, 6.07) is 5.12. The van der Waals surface area contributed by atoms with Crippen molar-refractivity contribution in [3.05, 3.63) is 29.8 Å². The normalized spacial score (nSPS) is 13.1. The number of hydrogen-bond acceptors (Lipinski definition) is 5. The highest BCUT2D eigenvalue weighted by Gasteiger charge is 2.49. The summed E-state index contributed by atoms with van der Waals surface area (Å²) in [7, 11) is 0. The molecule has 8 heteroatoms. The van der Waals surface area contributed by atoms with Gasteiger partial charge in [-0.15, -0.1) is 0 Å². The zero-order valence-electron chi connectivity index (χ0n) is 13.9. The topological polar surface area (TPSA) is 84.9 Å². The van der Waals surface area contributed by atoms with Crippen LogP contribution in [0.5, 0.6) is 0 Å². The predicted octanol–water partition coefficient (Wildman–Crippen LogP) is 3.27. The van der Waals surface area contributed by atoms with Gasteiger partial charge in [0, 0.05) is 5.69 Å². The van der Waals surface area contributed by atoms with Crippen molar-refractivity contribution in [2.24, 2.45) is 0 Å². The number of benzene rings is 1. The molecule has 0 heterocycles. The van der Waals surface area contributed by atoms with E-state index in [0.717, 1.165) is 6.07 Å². The number of aliphatic hydroxyl groups excluding tert-OH is 1. The third-order valence-electron chi connectivity index (χ3n) is 2.74. The van der Waals surface area contributed by atoms with Gasteiger partial charge in [-0.2, -0.15) is 8.78 Å². The quantitative estimate of drug-likeness (QED) is 0.800. The minimum Gasteiger partial charge on any atom is -0.461 e. The Morgan fingerprint density at radius 1 is 1.29 bits per heavy atom. The summed E-state index contributed by atoms with van der Waals surface area (Å²) in [6.45, 7) is 6.17. The van der Waals surface area contributed by atoms with Crippen molar-refractivity contribution in [3.63, 3.8) is 0 Å². The van der Waals surface area contributed by atoms with Gasteiger partial charge in [0.25, 0.3) is 0 Å². The summed E-state index contributed by atoms with van der Waals surface area (Å²) in [6.07, 6.45) is -3.18. The highest BCUT2D eigenvalue weighted by molar-refractivity contribution is 5.85. The first-order valence-electron chi connectivity index (χ1n) is 7.30. The lowest BCUT2D eigenvalue weighted by atomic mass is 10.0. The smallest absolute Gasteiger partial charge is 0.412 e. The van der Waals surface area contributed by atoms with Crippen molar-refractivity contribution in [2.45, 2.75) is 45.3 Å². The first-order chi connectivity index (χ1) is 11.0. The van der Waals surface area contributed by atoms with E-state index < -0.39 is 29.7 Å². The van der Waals surface area contributed by atoms with E-state index in [1.165, 1.54) is 25.1 Å². The maximum atomic E-state index is 13.9. The molecule has 24 heavy (non-hydrogen) atoms. The Balaban J connectivity index is 2.91. The molecule has 1 atom stereocenters. The summed E-state index contributed by atoms with van der Waals surface area (Å²) in [5, 5.41) is 12.2. The molecule has 0 aliphatic heterocycles. The van der Waals surface area contributed by atoms with Crippen LogP contribution in [-0.2, 0) is 14.3 Å². The number of carbonyl (C=O) groups excluding carboxylic acids is 2. The van der Waals surface area contributed by atoms with Gasteiger partial charge >= 0.3 is 18.0 Å². The van der Waals surface area contributed by atoms with Gasteiger partial charge in [0.15, 0.2) is 6.10 Å². The average molecular weight is 345 g/mol. The van der Waals surface area contributed by atoms with Crippen LogP contribution < -0.4 is 5.32 Å². The molecule has 0 saturated carbocycles. The van der Waals surface area contributed by atoms with Crippen LogP contribution in [0.2, 0.25) is 0 Å². The Morgan fingerprint density at radius 2 is 1.92 bits per heavy atom. The van der Waals surface area contributed by atoms with Crippen molar-refractivity contribution < 1.29 is 33.0 Å². The molecule has 1 amide bonds. The average Bonchev–Trinajstić information content (AvgIpc) is 2.44. The molecule has 1 unspecified atom stereocenters. The van der Waals surface area contributed by atoms with Crippen molar-refractivity contribution >= 4 is 17.7 Å². The molecule has 0 aliphatic carbocycles. The first kappa shape index (κ1) is 19.8. The maximum Gasteiger partial charge on any atom is 0.412 e. The van der Waals surface area contributed by atoms with E-state index in [-0.39, 0.29) is 17.9 Å². The number of esters is 1. The number of nitrogens with one attached hydrogen (secondary N) is 1. The number of aliphatic hydroxyl groups is 1. The monoisotopic (exact) mass is 345 g/mol. The van der Waals surface area contributed by atoms with Crippen molar-refractivity contribution in [3.8, 4) is 0 Å². The molecule has 6 nitrogen and oxygen atoms in total. The fourth-order valence-corrected chi connectivity index (χ4v) is 1.76. The number of carbonyl (C=O) groups is 2. The summed E-state index contributed by atoms with van der Waals surface area (Å²) in [5.74, 6) is -5.93. The molecular weight excluding hydrogens is 324 g/mol. The minimum atomic E-state index is -4.11. The molecular formula is C16H21F2NO5. The molecule has 2 N–H and O–H groups in total. The second kappa shape index (κ2) is 7.57. The number of hydrogen-bond donors (Lipinski definition) is 2. The zero-order valence-corrected chi connectivity index (χ0v) is 13.9. The fourth-order valence-electron chi connectivity index (χ4n) is 1.76.